The first kappa shape index (κ1) is 23.5. The molecular formula is C26H30N2O3S. The highest BCUT2D eigenvalue weighted by Crippen LogP contribution is 2.23. The SMILES string of the molecule is Cc1ccc([C@@H](C)NC(=O)c2ccc(N(Cc3ccccc3C)S(C)(=O)=O)cc2)c(C)c1. The number of nitrogens with zero attached hydrogens (tertiary/aromatic N) is 1. The van der Waals surface area contributed by atoms with Gasteiger partial charge in [0.05, 0.1) is 24.5 Å². The van der Waals surface area contributed by atoms with Gasteiger partial charge in [0.25, 0.3) is 5.91 Å². The molecule has 1 atom stereocenters. The zero-order chi connectivity index (χ0) is 23.5. The van der Waals surface area contributed by atoms with Crippen LogP contribution in [0.25, 0.3) is 0 Å². The van der Waals surface area contributed by atoms with E-state index in [1.54, 1.807) is 24.3 Å². The minimum absolute atomic E-state index is 0.142. The Kier molecular flexibility index (Phi) is 7.04. The maximum Gasteiger partial charge on any atom is 0.251 e. The molecule has 1 amide bonds. The van der Waals surface area contributed by atoms with Crippen LogP contribution in [0.5, 0.6) is 0 Å². The number of carbonyl (C=O) groups is 1. The van der Waals surface area contributed by atoms with Gasteiger partial charge in [0.1, 0.15) is 0 Å². The highest BCUT2D eigenvalue weighted by Gasteiger charge is 2.20. The molecule has 0 spiro atoms. The van der Waals surface area contributed by atoms with E-state index in [4.69, 9.17) is 0 Å². The van der Waals surface area contributed by atoms with Gasteiger partial charge in [0, 0.05) is 5.56 Å². The van der Waals surface area contributed by atoms with Crippen molar-refractivity contribution in [2.75, 3.05) is 10.6 Å². The molecule has 0 aliphatic carbocycles. The zero-order valence-electron chi connectivity index (χ0n) is 19.2. The predicted octanol–water partition coefficient (Wildman–Crippen LogP) is 5.07. The summed E-state index contributed by atoms with van der Waals surface area (Å²) in [5, 5.41) is 3.03. The van der Waals surface area contributed by atoms with Crippen LogP contribution in [0.4, 0.5) is 5.69 Å². The molecule has 0 fully saturated rings. The average molecular weight is 451 g/mol. The van der Waals surface area contributed by atoms with E-state index < -0.39 is 10.0 Å². The number of aryl methyl sites for hydroxylation is 3. The van der Waals surface area contributed by atoms with Crippen molar-refractivity contribution in [3.8, 4) is 0 Å². The Labute approximate surface area is 191 Å². The highest BCUT2D eigenvalue weighted by atomic mass is 32.2. The minimum atomic E-state index is -3.50. The third-order valence-electron chi connectivity index (χ3n) is 5.63. The summed E-state index contributed by atoms with van der Waals surface area (Å²) in [7, 11) is -3.50. The van der Waals surface area contributed by atoms with Crippen molar-refractivity contribution in [3.63, 3.8) is 0 Å². The first-order valence-electron chi connectivity index (χ1n) is 10.6. The van der Waals surface area contributed by atoms with Crippen molar-refractivity contribution in [2.24, 2.45) is 0 Å². The molecule has 0 radical (unpaired) electrons. The van der Waals surface area contributed by atoms with E-state index in [1.165, 1.54) is 16.1 Å². The lowest BCUT2D eigenvalue weighted by Crippen LogP contribution is -2.30. The Morgan fingerprint density at radius 2 is 1.59 bits per heavy atom. The molecule has 0 aliphatic rings. The van der Waals surface area contributed by atoms with Crippen LogP contribution in [0.1, 0.15) is 51.1 Å². The van der Waals surface area contributed by atoms with Crippen LogP contribution < -0.4 is 9.62 Å². The second kappa shape index (κ2) is 9.57. The standard InChI is InChI=1S/C26H30N2O3S/c1-18-10-15-25(20(3)16-18)21(4)27-26(29)22-11-13-24(14-12-22)28(32(5,30)31)17-23-9-7-6-8-19(23)2/h6-16,21H,17H2,1-5H3,(H,27,29)/t21-/m1/s1. The maximum absolute atomic E-state index is 12.8. The summed E-state index contributed by atoms with van der Waals surface area (Å²) in [5.41, 5.74) is 6.35. The molecule has 6 heteroatoms. The van der Waals surface area contributed by atoms with E-state index in [-0.39, 0.29) is 18.5 Å². The van der Waals surface area contributed by atoms with E-state index in [2.05, 4.69) is 11.4 Å². The second-order valence-corrected chi connectivity index (χ2v) is 10.2. The maximum atomic E-state index is 12.8. The molecule has 0 aliphatic heterocycles. The van der Waals surface area contributed by atoms with Crippen molar-refractivity contribution in [3.05, 3.63) is 100 Å². The van der Waals surface area contributed by atoms with Crippen LogP contribution in [0.15, 0.2) is 66.7 Å². The third-order valence-corrected chi connectivity index (χ3v) is 6.77. The first-order valence-corrected chi connectivity index (χ1v) is 12.4. The number of anilines is 1. The predicted molar refractivity (Wildman–Crippen MR) is 130 cm³/mol. The van der Waals surface area contributed by atoms with Crippen LogP contribution >= 0.6 is 0 Å². The Hall–Kier alpha value is -3.12. The molecule has 1 N–H and O–H groups in total. The molecule has 0 saturated heterocycles. The lowest BCUT2D eigenvalue weighted by Gasteiger charge is -2.23. The van der Waals surface area contributed by atoms with Gasteiger partial charge in [0.15, 0.2) is 0 Å². The number of carbonyl (C=O) groups excluding carboxylic acids is 1. The molecule has 0 saturated carbocycles. The number of benzene rings is 3. The molecule has 3 aromatic carbocycles. The Morgan fingerprint density at radius 1 is 0.938 bits per heavy atom. The molecule has 0 unspecified atom stereocenters. The lowest BCUT2D eigenvalue weighted by atomic mass is 10.00. The van der Waals surface area contributed by atoms with E-state index in [0.717, 1.165) is 22.3 Å². The summed E-state index contributed by atoms with van der Waals surface area (Å²) in [6.07, 6.45) is 1.19. The van der Waals surface area contributed by atoms with Crippen LogP contribution in [-0.2, 0) is 16.6 Å². The van der Waals surface area contributed by atoms with Crippen LogP contribution in [0, 0.1) is 20.8 Å². The zero-order valence-corrected chi connectivity index (χ0v) is 20.0. The van der Waals surface area contributed by atoms with Gasteiger partial charge in [0.2, 0.25) is 10.0 Å². The quantitative estimate of drug-likeness (QED) is 0.547. The van der Waals surface area contributed by atoms with Gasteiger partial charge in [-0.15, -0.1) is 0 Å². The third kappa shape index (κ3) is 5.56. The van der Waals surface area contributed by atoms with Gasteiger partial charge in [-0.25, -0.2) is 8.42 Å². The van der Waals surface area contributed by atoms with Crippen LogP contribution in [0.3, 0.4) is 0 Å². The number of hydrogen-bond donors (Lipinski definition) is 1. The lowest BCUT2D eigenvalue weighted by molar-refractivity contribution is 0.0940. The molecule has 5 nitrogen and oxygen atoms in total. The number of amides is 1. The van der Waals surface area contributed by atoms with E-state index in [1.807, 2.05) is 64.1 Å². The fourth-order valence-electron chi connectivity index (χ4n) is 3.79. The molecule has 0 aromatic heterocycles. The van der Waals surface area contributed by atoms with Crippen molar-refractivity contribution in [1.82, 2.24) is 5.32 Å². The summed E-state index contributed by atoms with van der Waals surface area (Å²) >= 11 is 0. The normalized spacial score (nSPS) is 12.3. The van der Waals surface area contributed by atoms with Gasteiger partial charge in [-0.05, 0) is 74.2 Å². The van der Waals surface area contributed by atoms with Crippen LogP contribution in [0.2, 0.25) is 0 Å². The molecule has 168 valence electrons. The number of hydrogen-bond acceptors (Lipinski definition) is 3. The van der Waals surface area contributed by atoms with Crippen molar-refractivity contribution in [2.45, 2.75) is 40.3 Å². The van der Waals surface area contributed by atoms with Gasteiger partial charge in [-0.1, -0.05) is 48.0 Å². The molecule has 3 rings (SSSR count). The smallest absolute Gasteiger partial charge is 0.251 e. The van der Waals surface area contributed by atoms with Crippen molar-refractivity contribution in [1.29, 1.82) is 0 Å². The monoisotopic (exact) mass is 450 g/mol. The summed E-state index contributed by atoms with van der Waals surface area (Å²) in [6, 6.07) is 20.4. The number of rotatable bonds is 7. The van der Waals surface area contributed by atoms with Crippen LogP contribution in [-0.4, -0.2) is 20.6 Å². The van der Waals surface area contributed by atoms with Gasteiger partial charge in [-0.2, -0.15) is 0 Å². The average Bonchev–Trinajstić information content (AvgIpc) is 2.72. The second-order valence-electron chi connectivity index (χ2n) is 8.30. The summed E-state index contributed by atoms with van der Waals surface area (Å²) in [4.78, 5) is 12.8. The van der Waals surface area contributed by atoms with Crippen molar-refractivity contribution < 1.29 is 13.2 Å². The van der Waals surface area contributed by atoms with E-state index in [9.17, 15) is 13.2 Å². The topological polar surface area (TPSA) is 66.5 Å². The molecule has 0 bridgehead atoms. The summed E-state index contributed by atoms with van der Waals surface area (Å²) < 4.78 is 26.3. The minimum Gasteiger partial charge on any atom is -0.346 e. The molecule has 0 heterocycles. The van der Waals surface area contributed by atoms with E-state index >= 15 is 0 Å². The highest BCUT2D eigenvalue weighted by molar-refractivity contribution is 7.92. The fourth-order valence-corrected chi connectivity index (χ4v) is 4.67. The Balaban J connectivity index is 1.78. The van der Waals surface area contributed by atoms with Gasteiger partial charge < -0.3 is 5.32 Å². The molecule has 32 heavy (non-hydrogen) atoms. The van der Waals surface area contributed by atoms with E-state index in [0.29, 0.717) is 11.3 Å². The van der Waals surface area contributed by atoms with Crippen molar-refractivity contribution >= 4 is 21.6 Å². The van der Waals surface area contributed by atoms with Gasteiger partial charge >= 0.3 is 0 Å². The Bertz CT molecular complexity index is 1220. The largest absolute Gasteiger partial charge is 0.346 e. The fraction of sp³-hybridized carbons (Fsp3) is 0.269. The Morgan fingerprint density at radius 3 is 2.19 bits per heavy atom. The number of nitrogens with one attached hydrogen (secondary N) is 1. The summed E-state index contributed by atoms with van der Waals surface area (Å²) in [5.74, 6) is -0.200. The first-order chi connectivity index (χ1) is 15.1. The number of sulfonamides is 1. The molecular weight excluding hydrogens is 420 g/mol. The molecule has 3 aromatic rings. The van der Waals surface area contributed by atoms with Gasteiger partial charge in [-0.3, -0.25) is 9.10 Å². The summed E-state index contributed by atoms with van der Waals surface area (Å²) in [6.45, 7) is 8.23.